The molecule has 134 valence electrons. The molecule has 4 aliphatic carbocycles. The predicted molar refractivity (Wildman–Crippen MR) is 96.0 cm³/mol. The first-order chi connectivity index (χ1) is 12.5. The van der Waals surface area contributed by atoms with Crippen LogP contribution in [0.25, 0.3) is 0 Å². The molecule has 1 aliphatic heterocycles. The van der Waals surface area contributed by atoms with Crippen molar-refractivity contribution >= 4 is 23.4 Å². The van der Waals surface area contributed by atoms with Crippen LogP contribution in [-0.4, -0.2) is 29.2 Å². The molecule has 0 aromatic heterocycles. The molecule has 2 saturated carbocycles. The molecule has 5 aliphatic rings. The van der Waals surface area contributed by atoms with Crippen LogP contribution in [0.2, 0.25) is 0 Å². The number of amides is 3. The van der Waals surface area contributed by atoms with E-state index in [9.17, 15) is 14.4 Å². The zero-order valence-corrected chi connectivity index (χ0v) is 14.9. The molecule has 1 heterocycles. The molecule has 2 bridgehead atoms. The number of nitrogens with one attached hydrogen (secondary N) is 1. The third kappa shape index (κ3) is 2.06. The summed E-state index contributed by atoms with van der Waals surface area (Å²) in [6, 6.07) is 5.71. The van der Waals surface area contributed by atoms with Crippen LogP contribution < -0.4 is 5.32 Å². The molecule has 1 aromatic rings. The second-order valence-corrected chi connectivity index (χ2v) is 8.21. The molecule has 5 nitrogen and oxygen atoms in total. The Morgan fingerprint density at radius 1 is 1.08 bits per heavy atom. The lowest BCUT2D eigenvalue weighted by atomic mass is 9.63. The van der Waals surface area contributed by atoms with E-state index in [1.165, 1.54) is 4.90 Å². The quantitative estimate of drug-likeness (QED) is 0.672. The van der Waals surface area contributed by atoms with Gasteiger partial charge < -0.3 is 5.32 Å². The van der Waals surface area contributed by atoms with Gasteiger partial charge in [-0.2, -0.15) is 0 Å². The maximum atomic E-state index is 12.9. The fourth-order valence-electron chi connectivity index (χ4n) is 5.39. The average Bonchev–Trinajstić information content (AvgIpc) is 3.40. The summed E-state index contributed by atoms with van der Waals surface area (Å²) >= 11 is 0. The summed E-state index contributed by atoms with van der Waals surface area (Å²) in [7, 11) is 0. The van der Waals surface area contributed by atoms with Crippen LogP contribution >= 0.6 is 0 Å². The van der Waals surface area contributed by atoms with E-state index in [1.54, 1.807) is 0 Å². The van der Waals surface area contributed by atoms with Crippen molar-refractivity contribution in [2.45, 2.75) is 20.3 Å². The van der Waals surface area contributed by atoms with Crippen LogP contribution in [0.5, 0.6) is 0 Å². The highest BCUT2D eigenvalue weighted by molar-refractivity contribution is 6.09. The van der Waals surface area contributed by atoms with Crippen molar-refractivity contribution in [3.8, 4) is 0 Å². The Hall–Kier alpha value is -2.43. The maximum absolute atomic E-state index is 12.9. The third-order valence-electron chi connectivity index (χ3n) is 6.93. The molecule has 1 aromatic carbocycles. The molecule has 6 rings (SSSR count). The van der Waals surface area contributed by atoms with Gasteiger partial charge in [0.1, 0.15) is 6.54 Å². The molecule has 6 atom stereocenters. The lowest BCUT2D eigenvalue weighted by Crippen LogP contribution is -2.40. The number of aryl methyl sites for hydroxylation is 1. The first-order valence-electron chi connectivity index (χ1n) is 9.37. The van der Waals surface area contributed by atoms with Gasteiger partial charge in [-0.1, -0.05) is 24.3 Å². The zero-order chi connectivity index (χ0) is 18.2. The van der Waals surface area contributed by atoms with Gasteiger partial charge in [-0.25, -0.2) is 0 Å². The molecule has 1 saturated heterocycles. The van der Waals surface area contributed by atoms with Crippen LogP contribution in [0, 0.1) is 49.4 Å². The molecule has 5 heteroatoms. The van der Waals surface area contributed by atoms with Crippen LogP contribution in [-0.2, 0) is 14.4 Å². The number of carbonyl (C=O) groups is 3. The standard InChI is InChI=1S/C21H22N2O3/c1-10-4-3-5-16(11(10)2)22-17(24)9-23-20(25)18-12-6-7-13(15-8-14(12)15)19(18)21(23)26/h3-7,12-15,18-19H,8-9H2,1-2H3,(H,22,24)/t12-,13-,14-,15-,18+,19+/m1/s1. The van der Waals surface area contributed by atoms with E-state index in [4.69, 9.17) is 0 Å². The summed E-state index contributed by atoms with van der Waals surface area (Å²) in [5, 5.41) is 2.86. The molecule has 0 unspecified atom stereocenters. The monoisotopic (exact) mass is 350 g/mol. The van der Waals surface area contributed by atoms with Gasteiger partial charge in [0.25, 0.3) is 0 Å². The van der Waals surface area contributed by atoms with Gasteiger partial charge >= 0.3 is 0 Å². The fourth-order valence-corrected chi connectivity index (χ4v) is 5.39. The van der Waals surface area contributed by atoms with Crippen LogP contribution in [0.1, 0.15) is 17.5 Å². The SMILES string of the molecule is Cc1cccc(NC(=O)CN2C(=O)[C@H]3[C@@H]4C=C[C@H]([C@H]5C[C@H]45)[C@@H]3C2=O)c1C. The normalized spacial score (nSPS) is 36.2. The van der Waals surface area contributed by atoms with E-state index in [-0.39, 0.29) is 47.9 Å². The fraction of sp³-hybridized carbons (Fsp3) is 0.476. The molecule has 3 amide bonds. The number of benzene rings is 1. The van der Waals surface area contributed by atoms with Gasteiger partial charge in [0, 0.05) is 5.69 Å². The highest BCUT2D eigenvalue weighted by Crippen LogP contribution is 2.65. The average molecular weight is 350 g/mol. The first-order valence-corrected chi connectivity index (χ1v) is 9.37. The summed E-state index contributed by atoms with van der Waals surface area (Å²) in [6.45, 7) is 3.74. The number of imide groups is 1. The lowest BCUT2D eigenvalue weighted by Gasteiger charge is -2.37. The maximum Gasteiger partial charge on any atom is 0.244 e. The number of rotatable bonds is 3. The number of likely N-dealkylation sites (tertiary alicyclic amines) is 1. The van der Waals surface area contributed by atoms with Gasteiger partial charge in [-0.05, 0) is 61.1 Å². The Morgan fingerprint density at radius 2 is 1.69 bits per heavy atom. The second-order valence-electron chi connectivity index (χ2n) is 8.21. The van der Waals surface area contributed by atoms with Crippen LogP contribution in [0.15, 0.2) is 30.4 Å². The zero-order valence-electron chi connectivity index (χ0n) is 14.9. The Balaban J connectivity index is 1.34. The minimum absolute atomic E-state index is 0.152. The van der Waals surface area contributed by atoms with Crippen molar-refractivity contribution in [3.05, 3.63) is 41.5 Å². The number of carbonyl (C=O) groups excluding carboxylic acids is 3. The Labute approximate surface area is 152 Å². The summed E-state index contributed by atoms with van der Waals surface area (Å²) in [5.74, 6) is 0.436. The largest absolute Gasteiger partial charge is 0.324 e. The van der Waals surface area contributed by atoms with Crippen molar-refractivity contribution in [1.29, 1.82) is 0 Å². The topological polar surface area (TPSA) is 66.5 Å². The second kappa shape index (κ2) is 5.29. The van der Waals surface area contributed by atoms with Crippen LogP contribution in [0.3, 0.4) is 0 Å². The Bertz CT molecular complexity index is 838. The summed E-state index contributed by atoms with van der Waals surface area (Å²) < 4.78 is 0. The number of anilines is 1. The Morgan fingerprint density at radius 3 is 2.31 bits per heavy atom. The molecule has 3 fully saturated rings. The van der Waals surface area contributed by atoms with E-state index < -0.39 is 0 Å². The van der Waals surface area contributed by atoms with Crippen molar-refractivity contribution in [3.63, 3.8) is 0 Å². The summed E-state index contributed by atoms with van der Waals surface area (Å²) in [4.78, 5) is 39.5. The van der Waals surface area contributed by atoms with Crippen molar-refractivity contribution in [2.24, 2.45) is 35.5 Å². The van der Waals surface area contributed by atoms with Crippen molar-refractivity contribution in [2.75, 3.05) is 11.9 Å². The molecular weight excluding hydrogens is 328 g/mol. The number of hydrogen-bond donors (Lipinski definition) is 1. The predicted octanol–water partition coefficient (Wildman–Crippen LogP) is 2.30. The van der Waals surface area contributed by atoms with Gasteiger partial charge in [-0.3, -0.25) is 19.3 Å². The van der Waals surface area contributed by atoms with E-state index in [0.29, 0.717) is 11.8 Å². The summed E-state index contributed by atoms with van der Waals surface area (Å²) in [6.07, 6.45) is 5.43. The molecule has 26 heavy (non-hydrogen) atoms. The van der Waals surface area contributed by atoms with Gasteiger partial charge in [0.15, 0.2) is 0 Å². The van der Waals surface area contributed by atoms with Crippen LogP contribution in [0.4, 0.5) is 5.69 Å². The minimum Gasteiger partial charge on any atom is -0.324 e. The molecular formula is C21H22N2O3. The van der Waals surface area contributed by atoms with E-state index in [0.717, 1.165) is 23.2 Å². The molecule has 0 spiro atoms. The van der Waals surface area contributed by atoms with Gasteiger partial charge in [0.05, 0.1) is 11.8 Å². The number of hydrogen-bond acceptors (Lipinski definition) is 3. The van der Waals surface area contributed by atoms with Crippen molar-refractivity contribution in [1.82, 2.24) is 4.90 Å². The number of allylic oxidation sites excluding steroid dienone is 2. The highest BCUT2D eigenvalue weighted by atomic mass is 16.2. The van der Waals surface area contributed by atoms with E-state index in [2.05, 4.69) is 17.5 Å². The third-order valence-corrected chi connectivity index (χ3v) is 6.93. The van der Waals surface area contributed by atoms with E-state index in [1.807, 2.05) is 32.0 Å². The smallest absolute Gasteiger partial charge is 0.244 e. The highest BCUT2D eigenvalue weighted by Gasteiger charge is 2.67. The minimum atomic E-state index is -0.315. The molecule has 0 radical (unpaired) electrons. The Kier molecular flexibility index (Phi) is 3.21. The summed E-state index contributed by atoms with van der Waals surface area (Å²) in [5.41, 5.74) is 2.81. The number of nitrogens with zero attached hydrogens (tertiary/aromatic N) is 1. The van der Waals surface area contributed by atoms with Crippen molar-refractivity contribution < 1.29 is 14.4 Å². The molecule has 1 N–H and O–H groups in total. The van der Waals surface area contributed by atoms with Gasteiger partial charge in [-0.15, -0.1) is 0 Å². The van der Waals surface area contributed by atoms with Gasteiger partial charge in [0.2, 0.25) is 17.7 Å². The lowest BCUT2D eigenvalue weighted by molar-refractivity contribution is -0.142. The first kappa shape index (κ1) is 15.8. The van der Waals surface area contributed by atoms with E-state index >= 15 is 0 Å².